The van der Waals surface area contributed by atoms with Crippen molar-refractivity contribution in [2.24, 2.45) is 0 Å². The van der Waals surface area contributed by atoms with Crippen molar-refractivity contribution in [2.75, 3.05) is 7.05 Å². The van der Waals surface area contributed by atoms with E-state index in [1.165, 1.54) is 7.05 Å². The zero-order chi connectivity index (χ0) is 12.5. The fourth-order valence-electron chi connectivity index (χ4n) is 0.937. The van der Waals surface area contributed by atoms with Crippen LogP contribution in [0.2, 0.25) is 0 Å². The van der Waals surface area contributed by atoms with Gasteiger partial charge in [-0.2, -0.15) is 26.3 Å². The largest absolute Gasteiger partial charge is 0.426 e. The average Bonchev–Trinajstić information content (AvgIpc) is 1.99. The van der Waals surface area contributed by atoms with Gasteiger partial charge in [-0.15, -0.1) is 0 Å². The summed E-state index contributed by atoms with van der Waals surface area (Å²) in [5.41, 5.74) is -4.66. The fraction of sp³-hybridized carbons (Fsp3) is 1.00. The molecule has 0 aromatic heterocycles. The van der Waals surface area contributed by atoms with Gasteiger partial charge in [0.25, 0.3) is 5.60 Å². The Balaban J connectivity index is 5.06. The second kappa shape index (κ2) is 4.17. The number of rotatable bonds is 3. The lowest BCUT2D eigenvalue weighted by Crippen LogP contribution is -2.59. The van der Waals surface area contributed by atoms with Gasteiger partial charge in [-0.3, -0.25) is 0 Å². The molecular formula is C7H11F6NO. The highest BCUT2D eigenvalue weighted by Crippen LogP contribution is 2.45. The van der Waals surface area contributed by atoms with E-state index in [9.17, 15) is 26.3 Å². The molecule has 0 aromatic rings. The van der Waals surface area contributed by atoms with Crippen molar-refractivity contribution in [3.8, 4) is 0 Å². The Labute approximate surface area is 82.3 Å². The van der Waals surface area contributed by atoms with E-state index in [-0.39, 0.29) is 0 Å². The average molecular weight is 239 g/mol. The monoisotopic (exact) mass is 239 g/mol. The van der Waals surface area contributed by atoms with Gasteiger partial charge in [0.1, 0.15) is 0 Å². The summed E-state index contributed by atoms with van der Waals surface area (Å²) in [4.78, 5) is 0. The van der Waals surface area contributed by atoms with Gasteiger partial charge in [0.05, 0.1) is 0 Å². The summed E-state index contributed by atoms with van der Waals surface area (Å²) < 4.78 is 72.6. The minimum absolute atomic E-state index is 1.11. The maximum Gasteiger partial charge on any atom is 0.426 e. The molecule has 0 saturated heterocycles. The molecule has 2 N–H and O–H groups in total. The van der Waals surface area contributed by atoms with Gasteiger partial charge in [0, 0.05) is 12.5 Å². The van der Waals surface area contributed by atoms with E-state index in [1.807, 2.05) is 0 Å². The lowest BCUT2D eigenvalue weighted by Gasteiger charge is -2.34. The molecule has 1 atom stereocenters. The first-order valence-corrected chi connectivity index (χ1v) is 3.99. The van der Waals surface area contributed by atoms with Gasteiger partial charge in [0.2, 0.25) is 0 Å². The first-order chi connectivity index (χ1) is 6.45. The molecular weight excluding hydrogens is 228 g/mol. The molecule has 0 aromatic carbocycles. The Hall–Kier alpha value is -0.500. The lowest BCUT2D eigenvalue weighted by atomic mass is 9.94. The van der Waals surface area contributed by atoms with Crippen molar-refractivity contribution in [1.82, 2.24) is 5.32 Å². The molecule has 0 rings (SSSR count). The van der Waals surface area contributed by atoms with Crippen molar-refractivity contribution in [2.45, 2.75) is 37.3 Å². The fourth-order valence-corrected chi connectivity index (χ4v) is 0.937. The van der Waals surface area contributed by atoms with Crippen LogP contribution in [0.4, 0.5) is 26.3 Å². The molecule has 0 bridgehead atoms. The van der Waals surface area contributed by atoms with Crippen LogP contribution < -0.4 is 5.32 Å². The first kappa shape index (κ1) is 14.5. The Morgan fingerprint density at radius 2 is 1.40 bits per heavy atom. The summed E-state index contributed by atoms with van der Waals surface area (Å²) in [7, 11) is 1.21. The number of aliphatic hydroxyl groups is 1. The maximum absolute atomic E-state index is 12.1. The summed E-state index contributed by atoms with van der Waals surface area (Å²) in [6.07, 6.45) is -13.0. The number of hydrogen-bond acceptors (Lipinski definition) is 2. The molecule has 0 amide bonds. The second-order valence-electron chi connectivity index (χ2n) is 3.25. The molecule has 0 unspecified atom stereocenters. The van der Waals surface area contributed by atoms with Crippen LogP contribution in [0.15, 0.2) is 0 Å². The third-order valence-corrected chi connectivity index (χ3v) is 2.03. The van der Waals surface area contributed by atoms with Gasteiger partial charge in [-0.25, -0.2) is 0 Å². The quantitative estimate of drug-likeness (QED) is 0.736. The summed E-state index contributed by atoms with van der Waals surface area (Å²) in [5, 5.41) is 10.9. The van der Waals surface area contributed by atoms with Crippen LogP contribution in [0.25, 0.3) is 0 Å². The summed E-state index contributed by atoms with van der Waals surface area (Å²) in [5.74, 6) is 0. The summed E-state index contributed by atoms with van der Waals surface area (Å²) >= 11 is 0. The Bertz CT molecular complexity index is 197. The van der Waals surface area contributed by atoms with Crippen molar-refractivity contribution in [1.29, 1.82) is 0 Å². The summed E-state index contributed by atoms with van der Waals surface area (Å²) in [6.45, 7) is 1.11. The highest BCUT2D eigenvalue weighted by Gasteiger charge is 2.70. The Kier molecular flexibility index (Phi) is 4.03. The standard InChI is InChI=1S/C7H11F6NO/c1-4(14-2)3-5(15,6(8,9)10)7(11,12)13/h4,14-15H,3H2,1-2H3/t4-/m0/s1. The summed E-state index contributed by atoms with van der Waals surface area (Å²) in [6, 6.07) is -1.11. The van der Waals surface area contributed by atoms with Gasteiger partial charge in [0.15, 0.2) is 0 Å². The van der Waals surface area contributed by atoms with Crippen LogP contribution in [0, 0.1) is 0 Å². The van der Waals surface area contributed by atoms with E-state index in [0.717, 1.165) is 6.92 Å². The minimum Gasteiger partial charge on any atom is -0.374 e. The highest BCUT2D eigenvalue weighted by atomic mass is 19.4. The van der Waals surface area contributed by atoms with Crippen LogP contribution in [-0.4, -0.2) is 36.1 Å². The molecule has 0 heterocycles. The number of hydrogen-bond donors (Lipinski definition) is 2. The number of alkyl halides is 6. The van der Waals surface area contributed by atoms with Crippen LogP contribution in [-0.2, 0) is 0 Å². The third kappa shape index (κ3) is 2.97. The first-order valence-electron chi connectivity index (χ1n) is 3.99. The van der Waals surface area contributed by atoms with E-state index >= 15 is 0 Å². The van der Waals surface area contributed by atoms with Crippen LogP contribution in [0.3, 0.4) is 0 Å². The van der Waals surface area contributed by atoms with Gasteiger partial charge in [-0.1, -0.05) is 0 Å². The van der Waals surface area contributed by atoms with Gasteiger partial charge >= 0.3 is 12.4 Å². The van der Waals surface area contributed by atoms with E-state index < -0.39 is 30.4 Å². The van der Waals surface area contributed by atoms with Crippen LogP contribution in [0.5, 0.6) is 0 Å². The maximum atomic E-state index is 12.1. The van der Waals surface area contributed by atoms with Gasteiger partial charge in [-0.05, 0) is 14.0 Å². The van der Waals surface area contributed by atoms with E-state index in [1.54, 1.807) is 0 Å². The number of halogens is 6. The van der Waals surface area contributed by atoms with Crippen molar-refractivity contribution in [3.63, 3.8) is 0 Å². The smallest absolute Gasteiger partial charge is 0.374 e. The molecule has 15 heavy (non-hydrogen) atoms. The molecule has 0 fully saturated rings. The topological polar surface area (TPSA) is 32.3 Å². The van der Waals surface area contributed by atoms with Crippen molar-refractivity contribution >= 4 is 0 Å². The zero-order valence-corrected chi connectivity index (χ0v) is 8.00. The van der Waals surface area contributed by atoms with Crippen LogP contribution in [0.1, 0.15) is 13.3 Å². The highest BCUT2D eigenvalue weighted by molar-refractivity contribution is 4.95. The predicted octanol–water partition coefficient (Wildman–Crippen LogP) is 1.84. The predicted molar refractivity (Wildman–Crippen MR) is 40.2 cm³/mol. The van der Waals surface area contributed by atoms with Gasteiger partial charge < -0.3 is 10.4 Å². The molecule has 2 nitrogen and oxygen atoms in total. The van der Waals surface area contributed by atoms with E-state index in [4.69, 9.17) is 5.11 Å². The SMILES string of the molecule is CN[C@@H](C)CC(O)(C(F)(F)F)C(F)(F)F. The van der Waals surface area contributed by atoms with Crippen molar-refractivity contribution < 1.29 is 31.4 Å². The molecule has 0 aliphatic rings. The minimum atomic E-state index is -5.74. The molecule has 8 heteroatoms. The van der Waals surface area contributed by atoms with E-state index in [0.29, 0.717) is 0 Å². The molecule has 0 aliphatic carbocycles. The lowest BCUT2D eigenvalue weighted by molar-refractivity contribution is -0.371. The van der Waals surface area contributed by atoms with E-state index in [2.05, 4.69) is 5.32 Å². The Morgan fingerprint density at radius 3 is 1.60 bits per heavy atom. The molecule has 0 spiro atoms. The zero-order valence-electron chi connectivity index (χ0n) is 8.00. The Morgan fingerprint density at radius 1 is 1.07 bits per heavy atom. The molecule has 0 radical (unpaired) electrons. The van der Waals surface area contributed by atoms with Crippen molar-refractivity contribution in [3.05, 3.63) is 0 Å². The normalized spacial score (nSPS) is 16.6. The molecule has 0 saturated carbocycles. The third-order valence-electron chi connectivity index (χ3n) is 2.03. The molecule has 0 aliphatic heterocycles. The molecule has 92 valence electrons. The van der Waals surface area contributed by atoms with Crippen LogP contribution >= 0.6 is 0 Å². The number of nitrogens with one attached hydrogen (secondary N) is 1. The second-order valence-corrected chi connectivity index (χ2v) is 3.25.